The summed E-state index contributed by atoms with van der Waals surface area (Å²) in [6.07, 6.45) is 0.949. The van der Waals surface area contributed by atoms with Crippen molar-refractivity contribution in [1.29, 1.82) is 0 Å². The molecule has 0 aliphatic carbocycles. The molecule has 0 bridgehead atoms. The average molecular weight is 283 g/mol. The van der Waals surface area contributed by atoms with Gasteiger partial charge in [-0.2, -0.15) is 0 Å². The topological polar surface area (TPSA) is 96.9 Å². The van der Waals surface area contributed by atoms with Crippen LogP contribution in [0.3, 0.4) is 0 Å². The van der Waals surface area contributed by atoms with Gasteiger partial charge in [0.1, 0.15) is 5.82 Å². The normalized spacial score (nSPS) is 11.4. The quantitative estimate of drug-likeness (QED) is 0.228. The highest BCUT2D eigenvalue weighted by Gasteiger charge is 2.08. The van der Waals surface area contributed by atoms with Gasteiger partial charge in [-0.25, -0.2) is 4.39 Å². The Labute approximate surface area is 116 Å². The zero-order chi connectivity index (χ0) is 15.0. The highest BCUT2D eigenvalue weighted by atomic mass is 19.1. The molecule has 0 fully saturated rings. The molecule has 0 atom stereocenters. The molecule has 1 amide bonds. The van der Waals surface area contributed by atoms with Gasteiger partial charge >= 0.3 is 0 Å². The van der Waals surface area contributed by atoms with Crippen molar-refractivity contribution < 1.29 is 19.1 Å². The van der Waals surface area contributed by atoms with Crippen LogP contribution in [0.1, 0.15) is 24.0 Å². The molecule has 110 valence electrons. The van der Waals surface area contributed by atoms with E-state index in [0.29, 0.717) is 25.0 Å². The smallest absolute Gasteiger partial charge is 0.220 e. The lowest BCUT2D eigenvalue weighted by molar-refractivity contribution is -0.121. The predicted octanol–water partition coefficient (Wildman–Crippen LogP) is 0.963. The Kier molecular flexibility index (Phi) is 6.45. The van der Waals surface area contributed by atoms with Crippen LogP contribution in [0, 0.1) is 5.82 Å². The molecular formula is C13H18FN3O3. The maximum atomic E-state index is 13.7. The number of carbonyl (C=O) groups is 1. The maximum absolute atomic E-state index is 13.7. The monoisotopic (exact) mass is 283 g/mol. The van der Waals surface area contributed by atoms with Gasteiger partial charge in [0.25, 0.3) is 0 Å². The standard InChI is InChI=1S/C13H18FN3O3/c1-20-6-2-3-12(18)16-8-10-5-4-9(7-11(10)14)13(15)17-19/h4-5,7,19H,2-3,6,8H2,1H3,(H2,15,17)(H,16,18). The van der Waals surface area contributed by atoms with Crippen LogP contribution in [0.5, 0.6) is 0 Å². The van der Waals surface area contributed by atoms with Crippen molar-refractivity contribution in [2.75, 3.05) is 13.7 Å². The summed E-state index contributed by atoms with van der Waals surface area (Å²) in [6, 6.07) is 4.16. The van der Waals surface area contributed by atoms with E-state index in [1.807, 2.05) is 0 Å². The fraction of sp³-hybridized carbons (Fsp3) is 0.385. The summed E-state index contributed by atoms with van der Waals surface area (Å²) in [6.45, 7) is 0.602. The number of benzene rings is 1. The number of hydrogen-bond acceptors (Lipinski definition) is 4. The summed E-state index contributed by atoms with van der Waals surface area (Å²) in [5.74, 6) is -0.854. The van der Waals surface area contributed by atoms with Gasteiger partial charge in [-0.15, -0.1) is 0 Å². The minimum Gasteiger partial charge on any atom is -0.409 e. The zero-order valence-corrected chi connectivity index (χ0v) is 11.2. The Hall–Kier alpha value is -2.15. The van der Waals surface area contributed by atoms with Crippen LogP contribution in [0.4, 0.5) is 4.39 Å². The highest BCUT2D eigenvalue weighted by Crippen LogP contribution is 2.10. The molecule has 0 aliphatic rings. The number of amidine groups is 1. The molecule has 1 rings (SSSR count). The second-order valence-corrected chi connectivity index (χ2v) is 4.16. The third-order valence-corrected chi connectivity index (χ3v) is 2.68. The lowest BCUT2D eigenvalue weighted by Gasteiger charge is -2.07. The molecule has 20 heavy (non-hydrogen) atoms. The van der Waals surface area contributed by atoms with Crippen molar-refractivity contribution in [3.05, 3.63) is 35.1 Å². The number of carbonyl (C=O) groups excluding carboxylic acids is 1. The van der Waals surface area contributed by atoms with Crippen LogP contribution in [-0.2, 0) is 16.1 Å². The van der Waals surface area contributed by atoms with Crippen molar-refractivity contribution in [2.24, 2.45) is 10.9 Å². The maximum Gasteiger partial charge on any atom is 0.220 e. The van der Waals surface area contributed by atoms with Crippen LogP contribution in [0.15, 0.2) is 23.4 Å². The fourth-order valence-corrected chi connectivity index (χ4v) is 1.57. The van der Waals surface area contributed by atoms with E-state index in [-0.39, 0.29) is 23.9 Å². The number of nitrogens with one attached hydrogen (secondary N) is 1. The molecule has 0 saturated carbocycles. The second kappa shape index (κ2) is 8.11. The van der Waals surface area contributed by atoms with Gasteiger partial charge in [-0.05, 0) is 12.5 Å². The number of amides is 1. The molecule has 1 aromatic carbocycles. The van der Waals surface area contributed by atoms with Gasteiger partial charge < -0.3 is 21.0 Å². The van der Waals surface area contributed by atoms with Gasteiger partial charge in [0.15, 0.2) is 5.84 Å². The van der Waals surface area contributed by atoms with E-state index in [9.17, 15) is 9.18 Å². The summed E-state index contributed by atoms with van der Waals surface area (Å²) in [7, 11) is 1.57. The van der Waals surface area contributed by atoms with Crippen LogP contribution < -0.4 is 11.1 Å². The lowest BCUT2D eigenvalue weighted by Crippen LogP contribution is -2.23. The number of nitrogens with zero attached hydrogens (tertiary/aromatic N) is 1. The van der Waals surface area contributed by atoms with E-state index in [4.69, 9.17) is 15.7 Å². The fourth-order valence-electron chi connectivity index (χ4n) is 1.57. The predicted molar refractivity (Wildman–Crippen MR) is 71.9 cm³/mol. The van der Waals surface area contributed by atoms with Gasteiger partial charge in [-0.3, -0.25) is 4.79 Å². The largest absolute Gasteiger partial charge is 0.409 e. The van der Waals surface area contributed by atoms with E-state index in [2.05, 4.69) is 10.5 Å². The number of nitrogens with two attached hydrogens (primary N) is 1. The van der Waals surface area contributed by atoms with E-state index >= 15 is 0 Å². The van der Waals surface area contributed by atoms with Crippen molar-refractivity contribution in [3.8, 4) is 0 Å². The summed E-state index contributed by atoms with van der Waals surface area (Å²) in [4.78, 5) is 11.5. The first-order valence-corrected chi connectivity index (χ1v) is 6.10. The van der Waals surface area contributed by atoms with Gasteiger partial charge in [0, 0.05) is 37.8 Å². The Bertz CT molecular complexity index is 492. The number of rotatable bonds is 7. The molecule has 6 nitrogen and oxygen atoms in total. The van der Waals surface area contributed by atoms with Crippen molar-refractivity contribution in [1.82, 2.24) is 5.32 Å². The van der Waals surface area contributed by atoms with Gasteiger partial charge in [-0.1, -0.05) is 17.3 Å². The Balaban J connectivity index is 2.54. The van der Waals surface area contributed by atoms with E-state index in [1.165, 1.54) is 12.1 Å². The van der Waals surface area contributed by atoms with Crippen molar-refractivity contribution in [3.63, 3.8) is 0 Å². The first-order valence-electron chi connectivity index (χ1n) is 6.10. The highest BCUT2D eigenvalue weighted by molar-refractivity contribution is 5.97. The molecule has 0 heterocycles. The third-order valence-electron chi connectivity index (χ3n) is 2.68. The molecule has 7 heteroatoms. The Morgan fingerprint density at radius 3 is 2.90 bits per heavy atom. The van der Waals surface area contributed by atoms with E-state index in [1.54, 1.807) is 7.11 Å². The molecule has 0 spiro atoms. The second-order valence-electron chi connectivity index (χ2n) is 4.16. The molecule has 0 radical (unpaired) electrons. The number of oxime groups is 1. The molecule has 1 aromatic rings. The molecule has 0 saturated heterocycles. The lowest BCUT2D eigenvalue weighted by atomic mass is 10.1. The summed E-state index contributed by atoms with van der Waals surface area (Å²) < 4.78 is 18.6. The number of methoxy groups -OCH3 is 1. The first kappa shape index (κ1) is 15.9. The minimum absolute atomic E-state index is 0.0914. The summed E-state index contributed by atoms with van der Waals surface area (Å²) >= 11 is 0. The molecule has 0 unspecified atom stereocenters. The third kappa shape index (κ3) is 4.85. The molecule has 0 aliphatic heterocycles. The number of hydrogen-bond donors (Lipinski definition) is 3. The molecule has 4 N–H and O–H groups in total. The Morgan fingerprint density at radius 2 is 2.30 bits per heavy atom. The number of ether oxygens (including phenoxy) is 1. The van der Waals surface area contributed by atoms with E-state index in [0.717, 1.165) is 6.07 Å². The van der Waals surface area contributed by atoms with E-state index < -0.39 is 5.82 Å². The molecule has 0 aromatic heterocycles. The minimum atomic E-state index is -0.522. The zero-order valence-electron chi connectivity index (χ0n) is 11.2. The van der Waals surface area contributed by atoms with Crippen molar-refractivity contribution in [2.45, 2.75) is 19.4 Å². The SMILES string of the molecule is COCCCC(=O)NCc1ccc(/C(N)=N/O)cc1F. The Morgan fingerprint density at radius 1 is 1.55 bits per heavy atom. The summed E-state index contributed by atoms with van der Waals surface area (Å²) in [5, 5.41) is 13.9. The summed E-state index contributed by atoms with van der Waals surface area (Å²) in [5.41, 5.74) is 5.97. The molecular weight excluding hydrogens is 265 g/mol. The van der Waals surface area contributed by atoms with Crippen LogP contribution in [0.25, 0.3) is 0 Å². The van der Waals surface area contributed by atoms with Crippen molar-refractivity contribution >= 4 is 11.7 Å². The van der Waals surface area contributed by atoms with Crippen LogP contribution in [0.2, 0.25) is 0 Å². The first-order chi connectivity index (χ1) is 9.58. The van der Waals surface area contributed by atoms with Crippen LogP contribution in [-0.4, -0.2) is 30.7 Å². The van der Waals surface area contributed by atoms with Crippen LogP contribution >= 0.6 is 0 Å². The average Bonchev–Trinajstić information content (AvgIpc) is 2.45. The van der Waals surface area contributed by atoms with Gasteiger partial charge in [0.05, 0.1) is 0 Å². The number of halogens is 1. The van der Waals surface area contributed by atoms with Gasteiger partial charge in [0.2, 0.25) is 5.91 Å².